The van der Waals surface area contributed by atoms with Gasteiger partial charge in [-0.2, -0.15) is 4.68 Å². The lowest BCUT2D eigenvalue weighted by atomic mass is 9.93. The number of rotatable bonds is 1. The Bertz CT molecular complexity index is 360. The molecule has 2 heterocycles. The SMILES string of the molecule is CC(C)(C)c1cn(C(=O)C2CO2)nn1. The average molecular weight is 195 g/mol. The Morgan fingerprint density at radius 2 is 2.29 bits per heavy atom. The molecule has 76 valence electrons. The number of nitrogens with zero attached hydrogens (tertiary/aromatic N) is 3. The highest BCUT2D eigenvalue weighted by Gasteiger charge is 2.33. The fourth-order valence-electron chi connectivity index (χ4n) is 1.05. The van der Waals surface area contributed by atoms with Crippen LogP contribution in [0.2, 0.25) is 0 Å². The van der Waals surface area contributed by atoms with Gasteiger partial charge in [0.2, 0.25) is 0 Å². The molecule has 1 aromatic heterocycles. The summed E-state index contributed by atoms with van der Waals surface area (Å²) >= 11 is 0. The van der Waals surface area contributed by atoms with Crippen LogP contribution in [0.4, 0.5) is 0 Å². The number of hydrogen-bond acceptors (Lipinski definition) is 4. The van der Waals surface area contributed by atoms with Gasteiger partial charge in [0, 0.05) is 5.41 Å². The van der Waals surface area contributed by atoms with Crippen LogP contribution in [0.1, 0.15) is 31.3 Å². The number of carbonyl (C=O) groups excluding carboxylic acids is 1. The highest BCUT2D eigenvalue weighted by molar-refractivity contribution is 5.84. The van der Waals surface area contributed by atoms with E-state index in [0.29, 0.717) is 6.61 Å². The maximum atomic E-state index is 11.5. The van der Waals surface area contributed by atoms with Crippen molar-refractivity contribution in [2.24, 2.45) is 0 Å². The molecule has 0 aliphatic carbocycles. The second-order valence-corrected chi connectivity index (χ2v) is 4.46. The molecule has 1 fully saturated rings. The van der Waals surface area contributed by atoms with Gasteiger partial charge < -0.3 is 4.74 Å². The van der Waals surface area contributed by atoms with Crippen LogP contribution in [0, 0.1) is 0 Å². The molecule has 0 saturated carbocycles. The third kappa shape index (κ3) is 1.68. The number of aromatic nitrogens is 3. The van der Waals surface area contributed by atoms with Crippen molar-refractivity contribution in [3.05, 3.63) is 11.9 Å². The zero-order chi connectivity index (χ0) is 10.3. The van der Waals surface area contributed by atoms with Crippen molar-refractivity contribution in [1.82, 2.24) is 15.0 Å². The quantitative estimate of drug-likeness (QED) is 0.616. The molecule has 5 nitrogen and oxygen atoms in total. The van der Waals surface area contributed by atoms with Crippen molar-refractivity contribution in [2.45, 2.75) is 32.3 Å². The lowest BCUT2D eigenvalue weighted by Crippen LogP contribution is -2.17. The van der Waals surface area contributed by atoms with E-state index in [1.165, 1.54) is 4.68 Å². The standard InChI is InChI=1S/C9H13N3O2/c1-9(2,3)7-4-12(11-10-7)8(13)6-5-14-6/h4,6H,5H2,1-3H3. The molecule has 0 amide bonds. The van der Waals surface area contributed by atoms with Crippen LogP contribution in [0.5, 0.6) is 0 Å². The second kappa shape index (κ2) is 2.88. The third-order valence-electron chi connectivity index (χ3n) is 2.10. The van der Waals surface area contributed by atoms with Crippen LogP contribution in [0.15, 0.2) is 6.20 Å². The lowest BCUT2D eigenvalue weighted by molar-refractivity contribution is 0.0853. The Hall–Kier alpha value is -1.23. The molecule has 1 unspecified atom stereocenters. The van der Waals surface area contributed by atoms with Crippen LogP contribution >= 0.6 is 0 Å². The number of hydrogen-bond donors (Lipinski definition) is 0. The van der Waals surface area contributed by atoms with Gasteiger partial charge in [-0.1, -0.05) is 26.0 Å². The van der Waals surface area contributed by atoms with Gasteiger partial charge in [0.15, 0.2) is 6.10 Å². The molecule has 1 atom stereocenters. The summed E-state index contributed by atoms with van der Waals surface area (Å²) in [5, 5.41) is 7.74. The van der Waals surface area contributed by atoms with Gasteiger partial charge in [0.25, 0.3) is 5.91 Å². The van der Waals surface area contributed by atoms with Gasteiger partial charge in [-0.15, -0.1) is 5.10 Å². The van der Waals surface area contributed by atoms with E-state index in [4.69, 9.17) is 4.74 Å². The first-order chi connectivity index (χ1) is 6.48. The Morgan fingerprint density at radius 1 is 1.64 bits per heavy atom. The molecule has 1 aliphatic rings. The van der Waals surface area contributed by atoms with E-state index >= 15 is 0 Å². The summed E-state index contributed by atoms with van der Waals surface area (Å²) in [4.78, 5) is 11.5. The van der Waals surface area contributed by atoms with Crippen molar-refractivity contribution in [1.29, 1.82) is 0 Å². The van der Waals surface area contributed by atoms with Crippen LogP contribution in [-0.4, -0.2) is 33.6 Å². The second-order valence-electron chi connectivity index (χ2n) is 4.46. The minimum absolute atomic E-state index is 0.0804. The molecule has 1 saturated heterocycles. The summed E-state index contributed by atoms with van der Waals surface area (Å²) in [6, 6.07) is 0. The molecule has 0 spiro atoms. The fourth-order valence-corrected chi connectivity index (χ4v) is 1.05. The van der Waals surface area contributed by atoms with Gasteiger partial charge in [-0.25, -0.2) is 0 Å². The zero-order valence-corrected chi connectivity index (χ0v) is 8.52. The Labute approximate surface area is 82.1 Å². The summed E-state index contributed by atoms with van der Waals surface area (Å²) in [7, 11) is 0. The van der Waals surface area contributed by atoms with E-state index in [2.05, 4.69) is 10.3 Å². The molecule has 2 rings (SSSR count). The third-order valence-corrected chi connectivity index (χ3v) is 2.10. The van der Waals surface area contributed by atoms with Crippen LogP contribution < -0.4 is 0 Å². The Kier molecular flexibility index (Phi) is 1.92. The smallest absolute Gasteiger partial charge is 0.279 e. The first kappa shape index (κ1) is 9.33. The average Bonchev–Trinajstić information content (AvgIpc) is 2.79. The van der Waals surface area contributed by atoms with Gasteiger partial charge >= 0.3 is 0 Å². The van der Waals surface area contributed by atoms with E-state index in [0.717, 1.165) is 5.69 Å². The van der Waals surface area contributed by atoms with Gasteiger partial charge in [-0.3, -0.25) is 4.79 Å². The van der Waals surface area contributed by atoms with Crippen molar-refractivity contribution < 1.29 is 9.53 Å². The minimum Gasteiger partial charge on any atom is -0.363 e. The molecule has 0 bridgehead atoms. The molecule has 14 heavy (non-hydrogen) atoms. The first-order valence-electron chi connectivity index (χ1n) is 4.57. The van der Waals surface area contributed by atoms with Crippen LogP contribution in [-0.2, 0) is 10.2 Å². The summed E-state index contributed by atoms with van der Waals surface area (Å²) in [6.45, 7) is 6.59. The van der Waals surface area contributed by atoms with Crippen LogP contribution in [0.25, 0.3) is 0 Å². The van der Waals surface area contributed by atoms with E-state index in [1.54, 1.807) is 6.20 Å². The first-order valence-corrected chi connectivity index (χ1v) is 4.57. The minimum atomic E-state index is -0.301. The van der Waals surface area contributed by atoms with Crippen molar-refractivity contribution in [3.63, 3.8) is 0 Å². The zero-order valence-electron chi connectivity index (χ0n) is 8.52. The number of epoxide rings is 1. The Morgan fingerprint density at radius 3 is 2.71 bits per heavy atom. The normalized spacial score (nSPS) is 20.9. The van der Waals surface area contributed by atoms with E-state index in [1.807, 2.05) is 20.8 Å². The molecular formula is C9H13N3O2. The number of carbonyl (C=O) groups is 1. The van der Waals surface area contributed by atoms with Crippen molar-refractivity contribution >= 4 is 5.91 Å². The molecule has 1 aromatic rings. The van der Waals surface area contributed by atoms with Crippen molar-refractivity contribution in [3.8, 4) is 0 Å². The molecule has 0 N–H and O–H groups in total. The molecule has 0 aromatic carbocycles. The monoisotopic (exact) mass is 195 g/mol. The van der Waals surface area contributed by atoms with Gasteiger partial charge in [0.05, 0.1) is 18.5 Å². The highest BCUT2D eigenvalue weighted by Crippen LogP contribution is 2.19. The Balaban J connectivity index is 2.21. The van der Waals surface area contributed by atoms with E-state index in [9.17, 15) is 4.79 Å². The highest BCUT2D eigenvalue weighted by atomic mass is 16.6. The predicted molar refractivity (Wildman–Crippen MR) is 49.1 cm³/mol. The maximum Gasteiger partial charge on any atom is 0.279 e. The molecule has 0 radical (unpaired) electrons. The lowest BCUT2D eigenvalue weighted by Gasteiger charge is -2.12. The van der Waals surface area contributed by atoms with Crippen molar-refractivity contribution in [2.75, 3.05) is 6.61 Å². The van der Waals surface area contributed by atoms with E-state index in [-0.39, 0.29) is 17.4 Å². The molecular weight excluding hydrogens is 182 g/mol. The topological polar surface area (TPSA) is 60.3 Å². The van der Waals surface area contributed by atoms with Crippen LogP contribution in [0.3, 0.4) is 0 Å². The maximum absolute atomic E-state index is 11.5. The van der Waals surface area contributed by atoms with E-state index < -0.39 is 0 Å². The predicted octanol–water partition coefficient (Wildman–Crippen LogP) is 0.615. The largest absolute Gasteiger partial charge is 0.363 e. The molecule has 5 heteroatoms. The van der Waals surface area contributed by atoms with Gasteiger partial charge in [-0.05, 0) is 0 Å². The fraction of sp³-hybridized carbons (Fsp3) is 0.667. The summed E-state index contributed by atoms with van der Waals surface area (Å²) in [5.41, 5.74) is 0.731. The summed E-state index contributed by atoms with van der Waals surface area (Å²) in [6.07, 6.45) is 1.37. The summed E-state index contributed by atoms with van der Waals surface area (Å²) in [5.74, 6) is -0.131. The van der Waals surface area contributed by atoms with Gasteiger partial charge in [0.1, 0.15) is 0 Å². The number of ether oxygens (including phenoxy) is 1. The summed E-state index contributed by atoms with van der Waals surface area (Å²) < 4.78 is 6.14. The molecule has 1 aliphatic heterocycles.